The van der Waals surface area contributed by atoms with Crippen LogP contribution in [-0.2, 0) is 6.54 Å². The summed E-state index contributed by atoms with van der Waals surface area (Å²) >= 11 is 0. The first-order chi connectivity index (χ1) is 12.7. The Kier molecular flexibility index (Phi) is 4.28. The molecule has 0 radical (unpaired) electrons. The summed E-state index contributed by atoms with van der Waals surface area (Å²) in [6.07, 6.45) is 3.74. The molecule has 0 aliphatic heterocycles. The van der Waals surface area contributed by atoms with Gasteiger partial charge < -0.3 is 10.3 Å². The SMILES string of the molecule is CCn1ncnc1C(NC(=O)c1nc(-c2ccccc2)[nH]c1C)C1CC1. The fraction of sp³-hybridized carbons (Fsp3) is 0.368. The van der Waals surface area contributed by atoms with E-state index in [0.29, 0.717) is 17.4 Å². The van der Waals surface area contributed by atoms with Crippen LogP contribution < -0.4 is 5.32 Å². The number of rotatable bonds is 6. The van der Waals surface area contributed by atoms with Crippen molar-refractivity contribution in [1.82, 2.24) is 30.0 Å². The van der Waals surface area contributed by atoms with Crippen molar-refractivity contribution in [1.29, 1.82) is 0 Å². The maximum atomic E-state index is 12.9. The number of imidazole rings is 1. The number of amides is 1. The molecule has 0 saturated heterocycles. The standard InChI is InChI=1S/C19H22N6O/c1-3-25-18(20-11-21-25)16(13-9-10-13)24-19(26)15-12(2)22-17(23-15)14-7-5-4-6-8-14/h4-8,11,13,16H,3,9-10H2,1-2H3,(H,22,23)(H,24,26). The molecule has 2 N–H and O–H groups in total. The smallest absolute Gasteiger partial charge is 0.272 e. The van der Waals surface area contributed by atoms with Crippen molar-refractivity contribution in [3.8, 4) is 11.4 Å². The number of hydrogen-bond donors (Lipinski definition) is 2. The number of benzene rings is 1. The summed E-state index contributed by atoms with van der Waals surface area (Å²) in [6, 6.07) is 9.67. The Morgan fingerprint density at radius 1 is 1.35 bits per heavy atom. The van der Waals surface area contributed by atoms with E-state index in [1.807, 2.05) is 48.9 Å². The maximum absolute atomic E-state index is 12.9. The molecule has 1 fully saturated rings. The molecule has 0 bridgehead atoms. The van der Waals surface area contributed by atoms with Gasteiger partial charge in [-0.1, -0.05) is 30.3 Å². The zero-order valence-corrected chi connectivity index (χ0v) is 14.9. The summed E-state index contributed by atoms with van der Waals surface area (Å²) in [5, 5.41) is 7.37. The molecule has 0 spiro atoms. The number of carbonyl (C=O) groups is 1. The van der Waals surface area contributed by atoms with Gasteiger partial charge in [-0.3, -0.25) is 4.79 Å². The molecule has 1 aromatic carbocycles. The molecule has 7 nitrogen and oxygen atoms in total. The van der Waals surface area contributed by atoms with Crippen LogP contribution in [0, 0.1) is 12.8 Å². The minimum absolute atomic E-state index is 0.124. The van der Waals surface area contributed by atoms with Crippen LogP contribution in [0.3, 0.4) is 0 Å². The summed E-state index contributed by atoms with van der Waals surface area (Å²) in [5.74, 6) is 1.76. The van der Waals surface area contributed by atoms with Crippen LogP contribution in [0.4, 0.5) is 0 Å². The average Bonchev–Trinajstić information content (AvgIpc) is 3.26. The van der Waals surface area contributed by atoms with Crippen molar-refractivity contribution in [2.75, 3.05) is 0 Å². The number of nitrogens with one attached hydrogen (secondary N) is 2. The second-order valence-corrected chi connectivity index (χ2v) is 6.65. The highest BCUT2D eigenvalue weighted by molar-refractivity contribution is 5.94. The van der Waals surface area contributed by atoms with Gasteiger partial charge in [0.15, 0.2) is 0 Å². The van der Waals surface area contributed by atoms with Crippen molar-refractivity contribution in [2.45, 2.75) is 39.3 Å². The highest BCUT2D eigenvalue weighted by Crippen LogP contribution is 2.40. The van der Waals surface area contributed by atoms with Gasteiger partial charge in [-0.15, -0.1) is 0 Å². The van der Waals surface area contributed by atoms with E-state index < -0.39 is 0 Å². The lowest BCUT2D eigenvalue weighted by Crippen LogP contribution is -2.32. The number of H-pyrrole nitrogens is 1. The summed E-state index contributed by atoms with van der Waals surface area (Å²) in [4.78, 5) is 25.0. The van der Waals surface area contributed by atoms with Crippen LogP contribution in [0.2, 0.25) is 0 Å². The van der Waals surface area contributed by atoms with Crippen LogP contribution in [0.15, 0.2) is 36.7 Å². The van der Waals surface area contributed by atoms with Crippen molar-refractivity contribution < 1.29 is 4.79 Å². The van der Waals surface area contributed by atoms with Crippen LogP contribution in [-0.4, -0.2) is 30.6 Å². The number of aromatic nitrogens is 5. The van der Waals surface area contributed by atoms with Gasteiger partial charge in [-0.25, -0.2) is 14.6 Å². The van der Waals surface area contributed by atoms with Crippen molar-refractivity contribution in [3.05, 3.63) is 53.9 Å². The number of aryl methyl sites for hydroxylation is 2. The lowest BCUT2D eigenvalue weighted by Gasteiger charge is -2.17. The number of aromatic amines is 1. The average molecular weight is 350 g/mol. The maximum Gasteiger partial charge on any atom is 0.272 e. The molecule has 1 unspecified atom stereocenters. The van der Waals surface area contributed by atoms with Gasteiger partial charge in [0, 0.05) is 17.8 Å². The zero-order chi connectivity index (χ0) is 18.1. The summed E-state index contributed by atoms with van der Waals surface area (Å²) in [6.45, 7) is 4.62. The van der Waals surface area contributed by atoms with Crippen LogP contribution in [0.1, 0.15) is 47.8 Å². The van der Waals surface area contributed by atoms with Gasteiger partial charge in [-0.2, -0.15) is 5.10 Å². The Morgan fingerprint density at radius 3 is 2.81 bits per heavy atom. The van der Waals surface area contributed by atoms with Crippen LogP contribution in [0.25, 0.3) is 11.4 Å². The lowest BCUT2D eigenvalue weighted by molar-refractivity contribution is 0.0923. The highest BCUT2D eigenvalue weighted by Gasteiger charge is 2.37. The van der Waals surface area contributed by atoms with Gasteiger partial charge in [-0.05, 0) is 32.6 Å². The Morgan fingerprint density at radius 2 is 2.12 bits per heavy atom. The minimum Gasteiger partial charge on any atom is -0.341 e. The molecule has 1 saturated carbocycles. The molecular weight excluding hydrogens is 328 g/mol. The molecule has 26 heavy (non-hydrogen) atoms. The van der Waals surface area contributed by atoms with Gasteiger partial charge >= 0.3 is 0 Å². The van der Waals surface area contributed by atoms with Crippen molar-refractivity contribution in [3.63, 3.8) is 0 Å². The predicted molar refractivity (Wildman–Crippen MR) is 97.4 cm³/mol. The minimum atomic E-state index is -0.177. The molecule has 134 valence electrons. The largest absolute Gasteiger partial charge is 0.341 e. The molecule has 2 aromatic heterocycles. The molecule has 1 aliphatic rings. The second kappa shape index (κ2) is 6.74. The van der Waals surface area contributed by atoms with Gasteiger partial charge in [0.25, 0.3) is 5.91 Å². The van der Waals surface area contributed by atoms with Crippen molar-refractivity contribution in [2.24, 2.45) is 5.92 Å². The van der Waals surface area contributed by atoms with Crippen LogP contribution >= 0.6 is 0 Å². The van der Waals surface area contributed by atoms with E-state index in [1.54, 1.807) is 6.33 Å². The Bertz CT molecular complexity index is 909. The second-order valence-electron chi connectivity index (χ2n) is 6.65. The monoisotopic (exact) mass is 350 g/mol. The van der Waals surface area contributed by atoms with E-state index in [0.717, 1.165) is 36.5 Å². The molecule has 1 amide bonds. The number of hydrogen-bond acceptors (Lipinski definition) is 4. The van der Waals surface area contributed by atoms with Gasteiger partial charge in [0.05, 0.1) is 6.04 Å². The third-order valence-corrected chi connectivity index (χ3v) is 4.75. The summed E-state index contributed by atoms with van der Waals surface area (Å²) in [5.41, 5.74) is 2.14. The fourth-order valence-electron chi connectivity index (χ4n) is 3.20. The molecule has 3 aromatic rings. The first kappa shape index (κ1) is 16.5. The van der Waals surface area contributed by atoms with E-state index in [4.69, 9.17) is 0 Å². The van der Waals surface area contributed by atoms with Crippen molar-refractivity contribution >= 4 is 5.91 Å². The van der Waals surface area contributed by atoms with E-state index >= 15 is 0 Å². The first-order valence-electron chi connectivity index (χ1n) is 8.98. The quantitative estimate of drug-likeness (QED) is 0.715. The molecule has 4 rings (SSSR count). The number of carbonyl (C=O) groups excluding carboxylic acids is 1. The van der Waals surface area contributed by atoms with E-state index in [9.17, 15) is 4.79 Å². The van der Waals surface area contributed by atoms with Crippen LogP contribution in [0.5, 0.6) is 0 Å². The Labute approximate surface area is 151 Å². The highest BCUT2D eigenvalue weighted by atomic mass is 16.2. The predicted octanol–water partition coefficient (Wildman–Crippen LogP) is 2.88. The topological polar surface area (TPSA) is 88.5 Å². The van der Waals surface area contributed by atoms with Gasteiger partial charge in [0.1, 0.15) is 23.7 Å². The lowest BCUT2D eigenvalue weighted by atomic mass is 10.1. The van der Waals surface area contributed by atoms with E-state index in [1.165, 1.54) is 0 Å². The molecule has 2 heterocycles. The zero-order valence-electron chi connectivity index (χ0n) is 14.9. The molecule has 7 heteroatoms. The molecule has 1 aliphatic carbocycles. The number of nitrogens with zero attached hydrogens (tertiary/aromatic N) is 4. The third-order valence-electron chi connectivity index (χ3n) is 4.75. The third kappa shape index (κ3) is 3.12. The molecular formula is C19H22N6O. The van der Waals surface area contributed by atoms with E-state index in [-0.39, 0.29) is 11.9 Å². The fourth-order valence-corrected chi connectivity index (χ4v) is 3.20. The first-order valence-corrected chi connectivity index (χ1v) is 8.98. The van der Waals surface area contributed by atoms with Gasteiger partial charge in [0.2, 0.25) is 0 Å². The summed E-state index contributed by atoms with van der Waals surface area (Å²) in [7, 11) is 0. The Hall–Kier alpha value is -2.96. The normalized spacial score (nSPS) is 15.0. The van der Waals surface area contributed by atoms with E-state index in [2.05, 4.69) is 25.4 Å². The molecule has 1 atom stereocenters. The Balaban J connectivity index is 1.58. The summed E-state index contributed by atoms with van der Waals surface area (Å²) < 4.78 is 1.84.